The number of aromatic hydroxyl groups is 1. The Hall–Kier alpha value is -2.13. The normalized spacial score (nSPS) is 27.3. The van der Waals surface area contributed by atoms with Crippen LogP contribution in [0.5, 0.6) is 5.75 Å². The Morgan fingerprint density at radius 1 is 1.10 bits per heavy atom. The number of phenolic OH excluding ortho intramolecular Hbond substituents is 1. The monoisotopic (exact) mass is 403 g/mol. The van der Waals surface area contributed by atoms with E-state index in [0.717, 1.165) is 14.7 Å². The van der Waals surface area contributed by atoms with Crippen LogP contribution in [0, 0.1) is 0 Å². The number of phenols is 1. The van der Waals surface area contributed by atoms with Crippen molar-refractivity contribution >= 4 is 91.9 Å². The fourth-order valence-electron chi connectivity index (χ4n) is 4.75. The number of anilines is 1. The quantitative estimate of drug-likeness (QED) is 0.255. The molecular weight excluding hydrogens is 381 g/mol. The van der Waals surface area contributed by atoms with Crippen molar-refractivity contribution in [3.8, 4) is 5.75 Å². The summed E-state index contributed by atoms with van der Waals surface area (Å²) in [5, 5.41) is 30.2. The van der Waals surface area contributed by atoms with Crippen LogP contribution in [0.25, 0.3) is 0 Å². The second-order valence-electron chi connectivity index (χ2n) is 9.48. The van der Waals surface area contributed by atoms with Crippen LogP contribution in [0.2, 0.25) is 10.4 Å². The lowest BCUT2D eigenvalue weighted by atomic mass is 9.26. The van der Waals surface area contributed by atoms with E-state index in [9.17, 15) is 29.8 Å². The van der Waals surface area contributed by atoms with E-state index >= 15 is 0 Å². The van der Waals surface area contributed by atoms with E-state index in [1.165, 1.54) is 29.9 Å². The summed E-state index contributed by atoms with van der Waals surface area (Å²) in [5.41, 5.74) is -1.60. The highest BCUT2D eigenvalue weighted by molar-refractivity contribution is 6.65. The molecule has 3 N–H and O–H groups in total. The largest absolute Gasteiger partial charge is 0.507 e. The SMILES string of the molecule is Bc1cc(O)c2c(c1N(B)O)C(B)(O)N(C1C(=O)N(B)C(=O)C(B)(B)C1(B)B)C2=O. The third-order valence-corrected chi connectivity index (χ3v) is 7.13. The summed E-state index contributed by atoms with van der Waals surface area (Å²) in [4.78, 5) is 42.3. The van der Waals surface area contributed by atoms with Gasteiger partial charge in [0.1, 0.15) is 56.6 Å². The van der Waals surface area contributed by atoms with Gasteiger partial charge in [0, 0.05) is 11.3 Å². The minimum Gasteiger partial charge on any atom is -0.507 e. The number of nitrogens with zero attached hydrogens (tertiary/aromatic N) is 3. The molecule has 3 rings (SSSR count). The van der Waals surface area contributed by atoms with Gasteiger partial charge in [-0.1, -0.05) is 10.7 Å². The number of rotatable bonds is 2. The van der Waals surface area contributed by atoms with Crippen LogP contribution in [-0.4, -0.2) is 112 Å². The summed E-state index contributed by atoms with van der Waals surface area (Å²) < 4.78 is 0. The van der Waals surface area contributed by atoms with E-state index in [-0.39, 0.29) is 28.5 Å². The lowest BCUT2D eigenvalue weighted by molar-refractivity contribution is -0.152. The molecule has 17 heteroatoms. The lowest BCUT2D eigenvalue weighted by Crippen LogP contribution is -2.70. The molecule has 0 aliphatic carbocycles. The molecule has 0 bridgehead atoms. The molecule has 1 aromatic carbocycles. The topological polar surface area (TPSA) is 122 Å². The zero-order chi connectivity index (χ0) is 23.1. The van der Waals surface area contributed by atoms with Gasteiger partial charge in [-0.3, -0.25) is 14.4 Å². The van der Waals surface area contributed by atoms with Crippen LogP contribution in [0.3, 0.4) is 0 Å². The van der Waals surface area contributed by atoms with E-state index in [2.05, 4.69) is 0 Å². The maximum Gasteiger partial charge on any atom is 0.260 e. The molecule has 2 aliphatic heterocycles. The Labute approximate surface area is 181 Å². The molecule has 9 nitrogen and oxygen atoms in total. The molecule has 30 heavy (non-hydrogen) atoms. The number of aliphatic hydroxyl groups is 1. The molecule has 1 aromatic rings. The first-order valence-corrected chi connectivity index (χ1v) is 9.68. The number of imide groups is 1. The fraction of sp³-hybridized carbons (Fsp3) is 0.308. The Bertz CT molecular complexity index is 1000. The van der Waals surface area contributed by atoms with Crippen molar-refractivity contribution in [3.63, 3.8) is 0 Å². The summed E-state index contributed by atoms with van der Waals surface area (Å²) in [6.45, 7) is 0. The second-order valence-corrected chi connectivity index (χ2v) is 9.48. The first kappa shape index (κ1) is 22.6. The maximum atomic E-state index is 13.5. The number of benzene rings is 1. The smallest absolute Gasteiger partial charge is 0.260 e. The molecule has 3 amide bonds. The number of amides is 3. The predicted molar refractivity (Wildman–Crippen MR) is 131 cm³/mol. The molecule has 1 fully saturated rings. The van der Waals surface area contributed by atoms with Crippen LogP contribution in [0.1, 0.15) is 15.9 Å². The minimum atomic E-state index is -2.03. The van der Waals surface area contributed by atoms with E-state index < -0.39 is 33.9 Å². The molecule has 2 aliphatic rings. The summed E-state index contributed by atoms with van der Waals surface area (Å²) in [6, 6.07) is 0.132. The highest BCUT2D eigenvalue weighted by Gasteiger charge is 2.63. The Morgan fingerprint density at radius 2 is 1.63 bits per heavy atom. The van der Waals surface area contributed by atoms with Crippen LogP contribution in [0.15, 0.2) is 6.07 Å². The number of fused-ring (bicyclic) bond motifs is 1. The van der Waals surface area contributed by atoms with Gasteiger partial charge >= 0.3 is 0 Å². The number of hydrogen-bond acceptors (Lipinski definition) is 7. The van der Waals surface area contributed by atoms with Gasteiger partial charge in [0.2, 0.25) is 19.8 Å². The van der Waals surface area contributed by atoms with E-state index in [1.54, 1.807) is 39.2 Å². The van der Waals surface area contributed by atoms with Crippen LogP contribution in [0.4, 0.5) is 5.69 Å². The minimum absolute atomic E-state index is 0.0101. The highest BCUT2D eigenvalue weighted by Crippen LogP contribution is 2.55. The molecular formula is C13H21B8N3O6. The molecule has 2 atom stereocenters. The van der Waals surface area contributed by atoms with Gasteiger partial charge in [-0.15, -0.1) is 0 Å². The zero-order valence-corrected chi connectivity index (χ0v) is 18.6. The number of piperidine rings is 1. The van der Waals surface area contributed by atoms with Crippen molar-refractivity contribution in [1.82, 2.24) is 9.71 Å². The van der Waals surface area contributed by atoms with Crippen LogP contribution in [-0.2, 0) is 15.2 Å². The van der Waals surface area contributed by atoms with Crippen molar-refractivity contribution in [2.45, 2.75) is 22.1 Å². The number of carbonyl (C=O) groups is 3. The first-order chi connectivity index (χ1) is 13.5. The van der Waals surface area contributed by atoms with E-state index in [1.807, 2.05) is 0 Å². The maximum absolute atomic E-state index is 13.5. The summed E-state index contributed by atoms with van der Waals surface area (Å²) >= 11 is 0. The van der Waals surface area contributed by atoms with Crippen molar-refractivity contribution in [3.05, 3.63) is 17.2 Å². The summed E-state index contributed by atoms with van der Waals surface area (Å²) in [6.07, 6.45) is 0. The first-order valence-electron chi connectivity index (χ1n) is 9.68. The zero-order valence-electron chi connectivity index (χ0n) is 18.6. The van der Waals surface area contributed by atoms with Gasteiger partial charge in [0.25, 0.3) is 13.9 Å². The summed E-state index contributed by atoms with van der Waals surface area (Å²) in [5.74, 6) is -2.11. The van der Waals surface area contributed by atoms with E-state index in [4.69, 9.17) is 0 Å². The molecule has 0 radical (unpaired) electrons. The van der Waals surface area contributed by atoms with Crippen molar-refractivity contribution in [1.29, 1.82) is 0 Å². The summed E-state index contributed by atoms with van der Waals surface area (Å²) in [7, 11) is 12.5. The van der Waals surface area contributed by atoms with Gasteiger partial charge in [-0.25, -0.2) is 0 Å². The van der Waals surface area contributed by atoms with Gasteiger partial charge < -0.3 is 30.1 Å². The average Bonchev–Trinajstić information content (AvgIpc) is 2.80. The molecule has 2 unspecified atom stereocenters. The van der Waals surface area contributed by atoms with Gasteiger partial charge in [0.05, 0.1) is 5.56 Å². The lowest BCUT2D eigenvalue weighted by Gasteiger charge is -2.56. The molecule has 148 valence electrons. The Balaban J connectivity index is 2.32. The van der Waals surface area contributed by atoms with Gasteiger partial charge in [-0.2, -0.15) is 0 Å². The van der Waals surface area contributed by atoms with Crippen LogP contribution >= 0.6 is 0 Å². The molecule has 0 spiro atoms. The third kappa shape index (κ3) is 2.57. The average molecular weight is 402 g/mol. The number of hydrogen-bond donors (Lipinski definition) is 3. The second kappa shape index (κ2) is 6.43. The standard InChI is InChI=1S/C13H21B8N3O6/c14-2-1-3(25)4-5(6(2)24(21)30)13(19,29)22(8(4)26)7-9(27)23(20)10(28)12(17,18)11(7,15)16/h1,7,25,29-30H,14-21H2. The number of carbonyl (C=O) groups excluding carboxylic acids is 3. The fourth-order valence-corrected chi connectivity index (χ4v) is 4.75. The molecule has 0 aromatic heterocycles. The Kier molecular flexibility index (Phi) is 4.84. The Morgan fingerprint density at radius 3 is 2.13 bits per heavy atom. The highest BCUT2D eigenvalue weighted by atomic mass is 16.5. The molecule has 0 saturated carbocycles. The molecule has 2 heterocycles. The van der Waals surface area contributed by atoms with Gasteiger partial charge in [-0.05, 0) is 11.3 Å². The van der Waals surface area contributed by atoms with Crippen molar-refractivity contribution in [2.75, 3.05) is 4.97 Å². The predicted octanol–water partition coefficient (Wildman–Crippen LogP) is -9.36. The van der Waals surface area contributed by atoms with Crippen LogP contribution < -0.4 is 10.4 Å². The van der Waals surface area contributed by atoms with Crippen molar-refractivity contribution < 1.29 is 29.8 Å². The molecule has 1 saturated heterocycles. The van der Waals surface area contributed by atoms with Crippen molar-refractivity contribution in [2.24, 2.45) is 0 Å². The van der Waals surface area contributed by atoms with E-state index in [0.29, 0.717) is 5.46 Å². The van der Waals surface area contributed by atoms with Gasteiger partial charge in [0.15, 0.2) is 7.85 Å². The third-order valence-electron chi connectivity index (χ3n) is 7.13.